The molecule has 0 aliphatic heterocycles. The highest BCUT2D eigenvalue weighted by atomic mass is 79.9. The zero-order chi connectivity index (χ0) is 61.4. The molecule has 0 fully saturated rings. The minimum Gasteiger partial charge on any atom is -1.00 e. The van der Waals surface area contributed by atoms with Gasteiger partial charge in [0.2, 0.25) is 5.69 Å². The monoisotopic (exact) mass is 1260 g/mol. The van der Waals surface area contributed by atoms with E-state index in [1.165, 1.54) is 33.4 Å². The topological polar surface area (TPSA) is 172 Å². The van der Waals surface area contributed by atoms with Gasteiger partial charge in [0.25, 0.3) is 0 Å². The number of H-pyrrole nitrogens is 1. The highest BCUT2D eigenvalue weighted by Crippen LogP contribution is 2.46. The summed E-state index contributed by atoms with van der Waals surface area (Å²) in [5, 5.41) is 15.3. The van der Waals surface area contributed by atoms with Crippen molar-refractivity contribution in [3.8, 4) is 56.3 Å². The molecule has 0 unspecified atom stereocenters. The van der Waals surface area contributed by atoms with Gasteiger partial charge in [0.05, 0.1) is 19.9 Å². The number of pyridine rings is 3. The van der Waals surface area contributed by atoms with E-state index in [1.807, 2.05) is 129 Å². The Morgan fingerprint density at radius 3 is 1.45 bits per heavy atom. The number of carbonyl (C=O) groups is 3. The van der Waals surface area contributed by atoms with Gasteiger partial charge in [0.15, 0.2) is 6.20 Å². The number of nitrogens with one attached hydrogen (secondary N) is 3. The van der Waals surface area contributed by atoms with Crippen molar-refractivity contribution < 1.29 is 55.8 Å². The van der Waals surface area contributed by atoms with Crippen molar-refractivity contribution in [2.75, 3.05) is 27.4 Å². The first kappa shape index (κ1) is 65.1. The summed E-state index contributed by atoms with van der Waals surface area (Å²) in [4.78, 5) is 49.4. The smallest absolute Gasteiger partial charge is 0.407 e. The van der Waals surface area contributed by atoms with Crippen LogP contribution in [0.2, 0.25) is 0 Å². The molecule has 2 amide bonds. The minimum absolute atomic E-state index is 0. The highest BCUT2D eigenvalue weighted by Gasteiger charge is 2.31. The van der Waals surface area contributed by atoms with Crippen LogP contribution < -0.4 is 37.5 Å². The molecule has 2 aliphatic rings. The van der Waals surface area contributed by atoms with E-state index in [2.05, 4.69) is 125 Å². The number of benzene rings is 6. The summed E-state index contributed by atoms with van der Waals surface area (Å²) in [6, 6.07) is 55.6. The third kappa shape index (κ3) is 16.4. The summed E-state index contributed by atoms with van der Waals surface area (Å²) in [5.74, 6) is 1.19. The molecule has 2 atom stereocenters. The normalized spacial score (nSPS) is 12.4. The van der Waals surface area contributed by atoms with E-state index >= 15 is 0 Å². The number of ether oxygens (including phenoxy) is 4. The van der Waals surface area contributed by atoms with Gasteiger partial charge >= 0.3 is 18.2 Å². The van der Waals surface area contributed by atoms with Crippen LogP contribution in [0.15, 0.2) is 193 Å². The molecule has 454 valence electrons. The van der Waals surface area contributed by atoms with Gasteiger partial charge in [-0.3, -0.25) is 4.98 Å². The number of hydrogen-bond donors (Lipinski definition) is 3. The van der Waals surface area contributed by atoms with E-state index in [0.29, 0.717) is 18.9 Å². The molecule has 2 aliphatic carbocycles. The van der Waals surface area contributed by atoms with Crippen LogP contribution in [-0.4, -0.2) is 72.7 Å². The van der Waals surface area contributed by atoms with Crippen molar-refractivity contribution >= 4 is 34.1 Å². The number of alkyl carbamates (subject to hydrolysis) is 2. The molecule has 6 aromatic carbocycles. The molecule has 15 heteroatoms. The van der Waals surface area contributed by atoms with Crippen LogP contribution in [-0.2, 0) is 46.4 Å². The zero-order valence-electron chi connectivity index (χ0n) is 50.7. The van der Waals surface area contributed by atoms with E-state index in [4.69, 9.17) is 23.9 Å². The number of nitrogens with zero attached hydrogens (tertiary/aromatic N) is 2. The Balaban J connectivity index is 0.000000193. The van der Waals surface area contributed by atoms with Gasteiger partial charge in [-0.2, -0.15) is 0 Å². The van der Waals surface area contributed by atoms with E-state index < -0.39 is 24.2 Å². The van der Waals surface area contributed by atoms with Gasteiger partial charge in [-0.25, -0.2) is 24.4 Å². The van der Waals surface area contributed by atoms with Crippen LogP contribution in [0.25, 0.3) is 44.8 Å². The number of hydrogen-bond acceptors (Lipinski definition) is 9. The maximum absolute atomic E-state index is 12.7. The molecule has 9 aromatic rings. The SMILES string of the molecule is CC(C)Cc1ccc(Br)nc1.CCc1cc(OC)ccc1-c1ccc(C[C@@H](C)NC(=O)OCC2c3ccccc3-c3ccccc32)cn1.CCc1cc(OC)ccc1-c1ccc(C[C@H](NC(=O)OCC2c3ccccc3-c3ccccc32)C(=O)O)c[nH+]1.[Cl-]. The number of fused-ring (bicyclic) bond motifs is 6. The fraction of sp³-hybridized carbons (Fsp3) is 0.260. The Bertz CT molecular complexity index is 3720. The lowest BCUT2D eigenvalue weighted by molar-refractivity contribution is -0.365. The van der Waals surface area contributed by atoms with Crippen LogP contribution in [0, 0.1) is 5.92 Å². The highest BCUT2D eigenvalue weighted by molar-refractivity contribution is 9.10. The molecule has 3 heterocycles. The second-order valence-electron chi connectivity index (χ2n) is 22.1. The van der Waals surface area contributed by atoms with Crippen LogP contribution >= 0.6 is 15.9 Å². The first-order valence-corrected chi connectivity index (χ1v) is 30.4. The summed E-state index contributed by atoms with van der Waals surface area (Å²) in [5.41, 5.74) is 18.8. The predicted octanol–water partition coefficient (Wildman–Crippen LogP) is 12.1. The van der Waals surface area contributed by atoms with E-state index in [9.17, 15) is 19.5 Å². The number of aliphatic carboxylic acids is 1. The molecular weight excluding hydrogens is 1190 g/mol. The first-order valence-electron chi connectivity index (χ1n) is 29.6. The third-order valence-corrected chi connectivity index (χ3v) is 16.2. The van der Waals surface area contributed by atoms with Crippen LogP contribution in [0.5, 0.6) is 11.5 Å². The fourth-order valence-electron chi connectivity index (χ4n) is 11.4. The minimum atomic E-state index is -1.13. The van der Waals surface area contributed by atoms with Crippen molar-refractivity contribution in [1.29, 1.82) is 0 Å². The molecule has 0 saturated carbocycles. The summed E-state index contributed by atoms with van der Waals surface area (Å²) in [6.07, 6.45) is 8.05. The third-order valence-electron chi connectivity index (χ3n) is 15.7. The molecule has 13 nitrogen and oxygen atoms in total. The van der Waals surface area contributed by atoms with Crippen molar-refractivity contribution in [3.05, 3.63) is 243 Å². The lowest BCUT2D eigenvalue weighted by Gasteiger charge is -2.17. The van der Waals surface area contributed by atoms with E-state index in [0.717, 1.165) is 96.8 Å². The molecule has 0 bridgehead atoms. The standard InChI is InChI=1S/C32H30N2O5.C32H32N2O3.C9H12BrN.ClH/c1-3-21-17-22(38-2)13-14-23(21)29-15-12-20(18-33-29)16-30(31(35)36)34-32(37)39-19-28-26-10-6-4-8-24(26)25-9-5-7-11-27(25)28;1-4-23-18-24(36-3)14-15-25(23)31-16-13-22(19-33-31)17-21(2)34-32(35)37-20-30-28-11-7-5-9-26(28)27-10-6-8-12-29(27)30;1-7(2)5-8-3-4-9(10)11-6-8;/h4-15,17-18,28,30H,3,16,19H2,1-2H3,(H,34,37)(H,35,36);5-16,18-19,21,30H,4,17,20H2,1-3H3,(H,34,35);3-4,6-7H,5H2,1-2H3;1H/t30-;21-;;/m01../s1. The van der Waals surface area contributed by atoms with Crippen molar-refractivity contribution in [3.63, 3.8) is 0 Å². The number of methoxy groups -OCH3 is 2. The lowest BCUT2D eigenvalue weighted by Crippen LogP contribution is -3.00. The molecular formula is C73H75BrClN5O8. The average Bonchev–Trinajstić information content (AvgIpc) is 2.29. The Hall–Kier alpha value is -8.85. The van der Waals surface area contributed by atoms with Crippen molar-refractivity contribution in [2.24, 2.45) is 5.92 Å². The Kier molecular flexibility index (Phi) is 23.1. The lowest BCUT2D eigenvalue weighted by atomic mass is 9.98. The number of halogens is 2. The van der Waals surface area contributed by atoms with Gasteiger partial charge in [-0.05, 0) is 176 Å². The number of rotatable bonds is 19. The quantitative estimate of drug-likeness (QED) is 0.0662. The second-order valence-corrected chi connectivity index (χ2v) is 23.0. The Labute approximate surface area is 530 Å². The number of aromatic nitrogens is 3. The van der Waals surface area contributed by atoms with Gasteiger partial charge in [-0.15, -0.1) is 0 Å². The molecule has 0 spiro atoms. The first-order chi connectivity index (χ1) is 42.2. The van der Waals surface area contributed by atoms with Gasteiger partial charge in [0, 0.05) is 59.4 Å². The van der Waals surface area contributed by atoms with Gasteiger partial charge in [-0.1, -0.05) is 137 Å². The van der Waals surface area contributed by atoms with Gasteiger partial charge < -0.3 is 47.1 Å². The summed E-state index contributed by atoms with van der Waals surface area (Å²) < 4.78 is 22.8. The molecule has 0 radical (unpaired) electrons. The van der Waals surface area contributed by atoms with Crippen molar-refractivity contribution in [1.82, 2.24) is 20.6 Å². The Morgan fingerprint density at radius 1 is 0.545 bits per heavy atom. The molecule has 3 aromatic heterocycles. The predicted molar refractivity (Wildman–Crippen MR) is 345 cm³/mol. The number of carbonyl (C=O) groups excluding carboxylic acids is 2. The second kappa shape index (κ2) is 31.2. The summed E-state index contributed by atoms with van der Waals surface area (Å²) >= 11 is 3.30. The van der Waals surface area contributed by atoms with Crippen LogP contribution in [0.4, 0.5) is 9.59 Å². The number of aryl methyl sites for hydroxylation is 2. The molecule has 88 heavy (non-hydrogen) atoms. The maximum atomic E-state index is 12.7. The van der Waals surface area contributed by atoms with Crippen LogP contribution in [0.3, 0.4) is 0 Å². The summed E-state index contributed by atoms with van der Waals surface area (Å²) in [6.45, 7) is 11.0. The van der Waals surface area contributed by atoms with Crippen molar-refractivity contribution in [2.45, 2.75) is 90.6 Å². The fourth-order valence-corrected chi connectivity index (χ4v) is 11.6. The number of aromatic amines is 1. The molecule has 11 rings (SSSR count). The number of amides is 2. The Morgan fingerprint density at radius 2 is 1.01 bits per heavy atom. The zero-order valence-corrected chi connectivity index (χ0v) is 53.0. The van der Waals surface area contributed by atoms with E-state index in [-0.39, 0.29) is 43.3 Å². The molecule has 4 N–H and O–H groups in total. The maximum Gasteiger partial charge on any atom is 0.407 e. The number of carboxylic acids is 1. The van der Waals surface area contributed by atoms with Gasteiger partial charge in [0.1, 0.15) is 35.4 Å². The van der Waals surface area contributed by atoms with E-state index in [1.54, 1.807) is 20.4 Å². The average molecular weight is 1270 g/mol. The van der Waals surface area contributed by atoms with Crippen LogP contribution in [0.1, 0.15) is 96.5 Å². The number of carboxylic acid groups (broad SMARTS) is 1. The largest absolute Gasteiger partial charge is 1.00 e. The summed E-state index contributed by atoms with van der Waals surface area (Å²) in [7, 11) is 3.32. The molecule has 0 saturated heterocycles.